The Kier molecular flexibility index (Phi) is 3.63. The van der Waals surface area contributed by atoms with Crippen molar-refractivity contribution in [3.05, 3.63) is 59.7 Å². The third kappa shape index (κ3) is 2.35. The van der Waals surface area contributed by atoms with Crippen molar-refractivity contribution in [3.8, 4) is 5.75 Å². The van der Waals surface area contributed by atoms with E-state index >= 15 is 0 Å². The molecule has 0 radical (unpaired) electrons. The summed E-state index contributed by atoms with van der Waals surface area (Å²) in [7, 11) is 3.41. The maximum Gasteiger partial charge on any atom is 0.195 e. The van der Waals surface area contributed by atoms with Crippen LogP contribution in [0.2, 0.25) is 0 Å². The van der Waals surface area contributed by atoms with Crippen LogP contribution >= 0.6 is 0 Å². The summed E-state index contributed by atoms with van der Waals surface area (Å²) < 4.78 is 5.08. The van der Waals surface area contributed by atoms with Crippen LogP contribution in [0.1, 0.15) is 15.9 Å². The Morgan fingerprint density at radius 2 is 1.72 bits per heavy atom. The zero-order valence-electron chi connectivity index (χ0n) is 10.4. The molecule has 2 aromatic carbocycles. The minimum atomic E-state index is 0.00241. The second-order valence-electron chi connectivity index (χ2n) is 3.85. The topological polar surface area (TPSA) is 38.3 Å². The second-order valence-corrected chi connectivity index (χ2v) is 3.85. The van der Waals surface area contributed by atoms with E-state index in [1.807, 2.05) is 24.3 Å². The van der Waals surface area contributed by atoms with E-state index in [1.165, 1.54) is 0 Å². The van der Waals surface area contributed by atoms with E-state index in [4.69, 9.17) is 4.74 Å². The molecule has 2 rings (SSSR count). The van der Waals surface area contributed by atoms with Crippen molar-refractivity contribution < 1.29 is 9.53 Å². The standard InChI is InChI=1S/C15H15NO2/c1-16-14-6-4-3-5-13(14)15(17)11-7-9-12(18-2)10-8-11/h3-10,16H,1-2H3. The van der Waals surface area contributed by atoms with Gasteiger partial charge >= 0.3 is 0 Å². The quantitative estimate of drug-likeness (QED) is 0.836. The average molecular weight is 241 g/mol. The number of carbonyl (C=O) groups excluding carboxylic acids is 1. The van der Waals surface area contributed by atoms with Crippen LogP contribution in [-0.2, 0) is 0 Å². The van der Waals surface area contributed by atoms with Crippen molar-refractivity contribution in [1.29, 1.82) is 0 Å². The Labute approximate surface area is 106 Å². The maximum absolute atomic E-state index is 12.3. The molecule has 0 aliphatic heterocycles. The highest BCUT2D eigenvalue weighted by molar-refractivity contribution is 6.12. The number of hydrogen-bond donors (Lipinski definition) is 1. The van der Waals surface area contributed by atoms with Gasteiger partial charge in [0.1, 0.15) is 5.75 Å². The summed E-state index contributed by atoms with van der Waals surface area (Å²) in [4.78, 5) is 12.3. The molecule has 0 atom stereocenters. The van der Waals surface area contributed by atoms with Gasteiger partial charge in [-0.25, -0.2) is 0 Å². The van der Waals surface area contributed by atoms with Crippen molar-refractivity contribution in [2.45, 2.75) is 0 Å². The number of ether oxygens (including phenoxy) is 1. The summed E-state index contributed by atoms with van der Waals surface area (Å²) in [6, 6.07) is 14.6. The summed E-state index contributed by atoms with van der Waals surface area (Å²) in [6.45, 7) is 0. The molecule has 1 N–H and O–H groups in total. The van der Waals surface area contributed by atoms with Crippen molar-refractivity contribution in [1.82, 2.24) is 0 Å². The van der Waals surface area contributed by atoms with Crippen LogP contribution in [0.3, 0.4) is 0 Å². The molecule has 0 aliphatic rings. The maximum atomic E-state index is 12.3. The van der Waals surface area contributed by atoms with E-state index in [-0.39, 0.29) is 5.78 Å². The van der Waals surface area contributed by atoms with Crippen molar-refractivity contribution in [3.63, 3.8) is 0 Å². The number of para-hydroxylation sites is 1. The van der Waals surface area contributed by atoms with Gasteiger partial charge < -0.3 is 10.1 Å². The van der Waals surface area contributed by atoms with E-state index < -0.39 is 0 Å². The average Bonchev–Trinajstić information content (AvgIpc) is 2.46. The van der Waals surface area contributed by atoms with Gasteiger partial charge in [0.15, 0.2) is 5.78 Å². The van der Waals surface area contributed by atoms with Gasteiger partial charge in [0.25, 0.3) is 0 Å². The first kappa shape index (κ1) is 12.2. The number of ketones is 1. The number of carbonyl (C=O) groups is 1. The van der Waals surface area contributed by atoms with E-state index in [2.05, 4.69) is 5.32 Å². The number of rotatable bonds is 4. The Morgan fingerprint density at radius 1 is 1.06 bits per heavy atom. The summed E-state index contributed by atoms with van der Waals surface area (Å²) in [6.07, 6.45) is 0. The lowest BCUT2D eigenvalue weighted by molar-refractivity contribution is 0.103. The highest BCUT2D eigenvalue weighted by Crippen LogP contribution is 2.20. The van der Waals surface area contributed by atoms with Gasteiger partial charge in [-0.15, -0.1) is 0 Å². The Bertz CT molecular complexity index is 547. The summed E-state index contributed by atoms with van der Waals surface area (Å²) in [5.74, 6) is 0.746. The molecule has 0 bridgehead atoms. The fourth-order valence-electron chi connectivity index (χ4n) is 1.80. The SMILES string of the molecule is CNc1ccccc1C(=O)c1ccc(OC)cc1. The number of benzene rings is 2. The molecule has 0 saturated heterocycles. The lowest BCUT2D eigenvalue weighted by Crippen LogP contribution is -2.05. The molecule has 0 amide bonds. The first-order valence-electron chi connectivity index (χ1n) is 5.72. The molecule has 2 aromatic rings. The van der Waals surface area contributed by atoms with Crippen molar-refractivity contribution >= 4 is 11.5 Å². The molecule has 0 fully saturated rings. The molecule has 0 spiro atoms. The van der Waals surface area contributed by atoms with Crippen molar-refractivity contribution in [2.24, 2.45) is 0 Å². The molecule has 18 heavy (non-hydrogen) atoms. The summed E-state index contributed by atoms with van der Waals surface area (Å²) in [5.41, 5.74) is 2.15. The molecule has 0 aliphatic carbocycles. The molecule has 0 aromatic heterocycles. The smallest absolute Gasteiger partial charge is 0.195 e. The largest absolute Gasteiger partial charge is 0.497 e. The molecule has 0 unspecified atom stereocenters. The van der Waals surface area contributed by atoms with Gasteiger partial charge in [-0.1, -0.05) is 12.1 Å². The minimum absolute atomic E-state index is 0.00241. The van der Waals surface area contributed by atoms with Crippen LogP contribution in [-0.4, -0.2) is 19.9 Å². The van der Waals surface area contributed by atoms with E-state index in [1.54, 1.807) is 38.4 Å². The van der Waals surface area contributed by atoms with Gasteiger partial charge in [-0.05, 0) is 36.4 Å². The Morgan fingerprint density at radius 3 is 2.33 bits per heavy atom. The van der Waals surface area contributed by atoms with Gasteiger partial charge in [0, 0.05) is 23.9 Å². The fourth-order valence-corrected chi connectivity index (χ4v) is 1.80. The summed E-state index contributed by atoms with van der Waals surface area (Å²) in [5, 5.41) is 3.02. The monoisotopic (exact) mass is 241 g/mol. The minimum Gasteiger partial charge on any atom is -0.497 e. The first-order chi connectivity index (χ1) is 8.76. The highest BCUT2D eigenvalue weighted by Gasteiger charge is 2.12. The Balaban J connectivity index is 2.35. The van der Waals surface area contributed by atoms with E-state index in [0.29, 0.717) is 11.1 Å². The second kappa shape index (κ2) is 5.36. The van der Waals surface area contributed by atoms with Gasteiger partial charge in [0.2, 0.25) is 0 Å². The van der Waals surface area contributed by atoms with Crippen LogP contribution in [0.15, 0.2) is 48.5 Å². The molecule has 3 heteroatoms. The lowest BCUT2D eigenvalue weighted by atomic mass is 10.0. The third-order valence-corrected chi connectivity index (χ3v) is 2.79. The molecular formula is C15H15NO2. The van der Waals surface area contributed by atoms with Crippen LogP contribution in [0, 0.1) is 0 Å². The number of anilines is 1. The molecule has 0 saturated carbocycles. The molecular weight excluding hydrogens is 226 g/mol. The first-order valence-corrected chi connectivity index (χ1v) is 5.72. The van der Waals surface area contributed by atoms with Crippen LogP contribution in [0.4, 0.5) is 5.69 Å². The highest BCUT2D eigenvalue weighted by atomic mass is 16.5. The van der Waals surface area contributed by atoms with Gasteiger partial charge in [-0.2, -0.15) is 0 Å². The predicted octanol–water partition coefficient (Wildman–Crippen LogP) is 2.97. The third-order valence-electron chi connectivity index (χ3n) is 2.79. The van der Waals surface area contributed by atoms with Gasteiger partial charge in [0.05, 0.1) is 7.11 Å². The zero-order chi connectivity index (χ0) is 13.0. The number of nitrogens with one attached hydrogen (secondary N) is 1. The summed E-state index contributed by atoms with van der Waals surface area (Å²) >= 11 is 0. The Hall–Kier alpha value is -2.29. The van der Waals surface area contributed by atoms with Gasteiger partial charge in [-0.3, -0.25) is 4.79 Å². The number of hydrogen-bond acceptors (Lipinski definition) is 3. The molecule has 0 heterocycles. The van der Waals surface area contributed by atoms with E-state index in [9.17, 15) is 4.79 Å². The number of methoxy groups -OCH3 is 1. The van der Waals surface area contributed by atoms with Crippen LogP contribution < -0.4 is 10.1 Å². The lowest BCUT2D eigenvalue weighted by Gasteiger charge is -2.08. The van der Waals surface area contributed by atoms with E-state index in [0.717, 1.165) is 11.4 Å². The predicted molar refractivity (Wildman–Crippen MR) is 72.4 cm³/mol. The van der Waals surface area contributed by atoms with Crippen LogP contribution in [0.5, 0.6) is 5.75 Å². The van der Waals surface area contributed by atoms with Crippen LogP contribution in [0.25, 0.3) is 0 Å². The zero-order valence-corrected chi connectivity index (χ0v) is 10.4. The molecule has 3 nitrogen and oxygen atoms in total. The van der Waals surface area contributed by atoms with Crippen molar-refractivity contribution in [2.75, 3.05) is 19.5 Å². The normalized spacial score (nSPS) is 9.89. The fraction of sp³-hybridized carbons (Fsp3) is 0.133. The molecule has 92 valence electrons.